The molecule has 0 aromatic heterocycles. The van der Waals surface area contributed by atoms with Crippen LogP contribution in [0.3, 0.4) is 0 Å². The molecule has 0 saturated carbocycles. The van der Waals surface area contributed by atoms with Gasteiger partial charge in [-0.1, -0.05) is 39.3 Å². The van der Waals surface area contributed by atoms with E-state index in [2.05, 4.69) is 25.7 Å². The first-order chi connectivity index (χ1) is 13.6. The molecule has 28 heavy (non-hydrogen) atoms. The zero-order chi connectivity index (χ0) is 20.3. The van der Waals surface area contributed by atoms with E-state index >= 15 is 0 Å². The Hall–Kier alpha value is -2.53. The average Bonchev–Trinajstić information content (AvgIpc) is 3.01. The third-order valence-corrected chi connectivity index (χ3v) is 5.46. The van der Waals surface area contributed by atoms with Crippen LogP contribution in [0, 0.1) is 0 Å². The van der Waals surface area contributed by atoms with E-state index < -0.39 is 0 Å². The highest BCUT2D eigenvalue weighted by molar-refractivity contribution is 6.26. The van der Waals surface area contributed by atoms with Gasteiger partial charge in [0.15, 0.2) is 5.78 Å². The molecule has 2 aromatic rings. The van der Waals surface area contributed by atoms with Crippen molar-refractivity contribution in [3.63, 3.8) is 0 Å². The first-order valence-corrected chi connectivity index (χ1v) is 10.1. The van der Waals surface area contributed by atoms with Crippen molar-refractivity contribution >= 4 is 11.5 Å². The molecule has 0 spiro atoms. The Morgan fingerprint density at radius 1 is 1.04 bits per heavy atom. The molecule has 0 aliphatic heterocycles. The van der Waals surface area contributed by atoms with Crippen LogP contribution in [0.2, 0.25) is 0 Å². The molecular weight excluding hydrogens is 352 g/mol. The molecule has 0 amide bonds. The van der Waals surface area contributed by atoms with Gasteiger partial charge in [-0.2, -0.15) is 0 Å². The molecule has 0 bridgehead atoms. The summed E-state index contributed by atoms with van der Waals surface area (Å²) in [7, 11) is 1.63. The third-order valence-electron chi connectivity index (χ3n) is 5.46. The van der Waals surface area contributed by atoms with Gasteiger partial charge in [0.1, 0.15) is 18.1 Å². The van der Waals surface area contributed by atoms with Crippen molar-refractivity contribution in [2.24, 2.45) is 0 Å². The summed E-state index contributed by atoms with van der Waals surface area (Å²) in [5, 5.41) is 0. The van der Waals surface area contributed by atoms with Gasteiger partial charge in [-0.25, -0.2) is 0 Å². The summed E-state index contributed by atoms with van der Waals surface area (Å²) < 4.78 is 11.8. The second-order valence-corrected chi connectivity index (χ2v) is 7.03. The number of nitrogen functional groups attached to an aromatic ring is 1. The number of anilines is 1. The molecule has 0 fully saturated rings. The van der Waals surface area contributed by atoms with Gasteiger partial charge in [0.2, 0.25) is 0 Å². The van der Waals surface area contributed by atoms with Gasteiger partial charge in [0, 0.05) is 28.9 Å². The summed E-state index contributed by atoms with van der Waals surface area (Å²) in [6, 6.07) is 7.59. The van der Waals surface area contributed by atoms with Crippen LogP contribution in [-0.2, 0) is 6.42 Å². The molecule has 2 N–H and O–H groups in total. The Labute approximate surface area is 167 Å². The molecule has 0 heterocycles. The normalized spacial score (nSPS) is 12.2. The number of carbonyl (C=O) groups excluding carboxylic acids is 1. The number of rotatable bonds is 9. The van der Waals surface area contributed by atoms with Gasteiger partial charge in [0.05, 0.1) is 12.7 Å². The summed E-state index contributed by atoms with van der Waals surface area (Å²) in [5.41, 5.74) is 10.7. The minimum absolute atomic E-state index is 0.0482. The number of fused-ring (bicyclic) bond motifs is 3. The number of hydrogen-bond donors (Lipinski definition) is 1. The van der Waals surface area contributed by atoms with Crippen LogP contribution in [0.25, 0.3) is 11.1 Å². The number of benzene rings is 2. The van der Waals surface area contributed by atoms with Crippen LogP contribution < -0.4 is 15.2 Å². The van der Waals surface area contributed by atoms with Crippen LogP contribution in [0.15, 0.2) is 24.3 Å². The number of ether oxygens (including phenoxy) is 2. The molecule has 2 aromatic carbocycles. The van der Waals surface area contributed by atoms with E-state index in [1.54, 1.807) is 7.11 Å². The van der Waals surface area contributed by atoms with Crippen LogP contribution in [0.4, 0.5) is 5.69 Å². The van der Waals surface area contributed by atoms with E-state index in [0.717, 1.165) is 49.2 Å². The maximum absolute atomic E-state index is 13.2. The SMILES string of the molecule is CCCc1cc(OC)c2c(c1N)C(=O)c1cccc(OCCN(CC)CC)c1-2. The van der Waals surface area contributed by atoms with Gasteiger partial charge in [-0.05, 0) is 37.2 Å². The zero-order valence-electron chi connectivity index (χ0n) is 17.3. The topological polar surface area (TPSA) is 64.8 Å². The monoisotopic (exact) mass is 382 g/mol. The van der Waals surface area contributed by atoms with Crippen molar-refractivity contribution in [2.45, 2.75) is 33.6 Å². The standard InChI is InChI=1S/C23H30N2O3/c1-5-9-15-14-18(27-4)20-19-16(23(26)21(20)22(15)24)10-8-11-17(19)28-13-12-25(6-2)7-3/h8,10-11,14H,5-7,9,12-13,24H2,1-4H3. The van der Waals surface area contributed by atoms with E-state index in [1.807, 2.05) is 24.3 Å². The number of aryl methyl sites for hydroxylation is 1. The summed E-state index contributed by atoms with van der Waals surface area (Å²) >= 11 is 0. The molecule has 0 radical (unpaired) electrons. The van der Waals surface area contributed by atoms with Crippen LogP contribution in [-0.4, -0.2) is 44.0 Å². The molecule has 150 valence electrons. The highest BCUT2D eigenvalue weighted by Crippen LogP contribution is 2.50. The average molecular weight is 383 g/mol. The fourth-order valence-corrected chi connectivity index (χ4v) is 3.91. The van der Waals surface area contributed by atoms with Gasteiger partial charge in [-0.15, -0.1) is 0 Å². The number of hydrogen-bond acceptors (Lipinski definition) is 5. The molecule has 1 aliphatic carbocycles. The van der Waals surface area contributed by atoms with Crippen LogP contribution >= 0.6 is 0 Å². The lowest BCUT2D eigenvalue weighted by molar-refractivity contribution is 0.104. The predicted octanol–water partition coefficient (Wildman–Crippen LogP) is 4.16. The zero-order valence-corrected chi connectivity index (χ0v) is 17.3. The number of methoxy groups -OCH3 is 1. The van der Waals surface area contributed by atoms with Gasteiger partial charge in [-0.3, -0.25) is 4.79 Å². The quantitative estimate of drug-likeness (QED) is 0.563. The highest BCUT2D eigenvalue weighted by atomic mass is 16.5. The van der Waals surface area contributed by atoms with E-state index in [1.165, 1.54) is 0 Å². The summed E-state index contributed by atoms with van der Waals surface area (Å²) in [4.78, 5) is 15.5. The minimum atomic E-state index is -0.0482. The molecule has 0 atom stereocenters. The van der Waals surface area contributed by atoms with E-state index in [0.29, 0.717) is 34.9 Å². The predicted molar refractivity (Wildman–Crippen MR) is 114 cm³/mol. The Balaban J connectivity index is 2.04. The molecule has 1 aliphatic rings. The largest absolute Gasteiger partial charge is 0.496 e. The maximum atomic E-state index is 13.2. The first-order valence-electron chi connectivity index (χ1n) is 10.1. The highest BCUT2D eigenvalue weighted by Gasteiger charge is 2.35. The van der Waals surface area contributed by atoms with Gasteiger partial charge in [0.25, 0.3) is 0 Å². The van der Waals surface area contributed by atoms with Crippen LogP contribution in [0.5, 0.6) is 11.5 Å². The molecule has 0 saturated heterocycles. The molecule has 5 heteroatoms. The van der Waals surface area contributed by atoms with E-state index in [9.17, 15) is 4.79 Å². The van der Waals surface area contributed by atoms with E-state index in [-0.39, 0.29) is 5.78 Å². The smallest absolute Gasteiger partial charge is 0.196 e. The van der Waals surface area contributed by atoms with Crippen molar-refractivity contribution in [1.29, 1.82) is 0 Å². The lowest BCUT2D eigenvalue weighted by Gasteiger charge is -2.19. The second-order valence-electron chi connectivity index (χ2n) is 7.03. The summed E-state index contributed by atoms with van der Waals surface area (Å²) in [5.74, 6) is 1.34. The molecular formula is C23H30N2O3. The van der Waals surface area contributed by atoms with Crippen molar-refractivity contribution in [3.05, 3.63) is 41.0 Å². The van der Waals surface area contributed by atoms with Gasteiger partial charge >= 0.3 is 0 Å². The van der Waals surface area contributed by atoms with E-state index in [4.69, 9.17) is 15.2 Å². The molecule has 5 nitrogen and oxygen atoms in total. The Morgan fingerprint density at radius 2 is 1.79 bits per heavy atom. The van der Waals surface area contributed by atoms with Crippen molar-refractivity contribution in [1.82, 2.24) is 4.90 Å². The fraction of sp³-hybridized carbons (Fsp3) is 0.435. The van der Waals surface area contributed by atoms with Crippen molar-refractivity contribution in [2.75, 3.05) is 39.1 Å². The number of likely N-dealkylation sites (N-methyl/N-ethyl adjacent to an activating group) is 1. The fourth-order valence-electron chi connectivity index (χ4n) is 3.91. The summed E-state index contributed by atoms with van der Waals surface area (Å²) in [6.07, 6.45) is 1.76. The second kappa shape index (κ2) is 8.65. The Kier molecular flexibility index (Phi) is 6.25. The lowest BCUT2D eigenvalue weighted by atomic mass is 9.97. The molecule has 0 unspecified atom stereocenters. The number of nitrogens with zero attached hydrogens (tertiary/aromatic N) is 1. The van der Waals surface area contributed by atoms with Crippen molar-refractivity contribution < 1.29 is 14.3 Å². The number of nitrogens with two attached hydrogens (primary N) is 1. The Bertz CT molecular complexity index is 873. The van der Waals surface area contributed by atoms with Gasteiger partial charge < -0.3 is 20.1 Å². The third kappa shape index (κ3) is 3.47. The Morgan fingerprint density at radius 3 is 2.43 bits per heavy atom. The number of carbonyl (C=O) groups is 1. The maximum Gasteiger partial charge on any atom is 0.196 e. The minimum Gasteiger partial charge on any atom is -0.496 e. The summed E-state index contributed by atoms with van der Waals surface area (Å²) in [6.45, 7) is 9.74. The molecule has 3 rings (SSSR count). The number of ketones is 1. The van der Waals surface area contributed by atoms with Crippen molar-refractivity contribution in [3.8, 4) is 22.6 Å². The van der Waals surface area contributed by atoms with Crippen LogP contribution in [0.1, 0.15) is 48.7 Å². The lowest BCUT2D eigenvalue weighted by Crippen LogP contribution is -2.28. The first kappa shape index (κ1) is 20.2.